The lowest BCUT2D eigenvalue weighted by Crippen LogP contribution is -2.39. The molecule has 0 atom stereocenters. The molecular weight excluding hydrogens is 450 g/mol. The standard InChI is InChI=1S/C22H27N3O7S/c1-6-11-32-19-10-7-16(12-21(19)31-4)14-23-24-22(26)15-25(33(5,27)28)18-9-8-17(29-2)13-20(18)30-3/h6-10,12-14H,1,11,15H2,2-5H3,(H,24,26)/b23-14-. The van der Waals surface area contributed by atoms with Crippen molar-refractivity contribution in [1.82, 2.24) is 5.43 Å². The van der Waals surface area contributed by atoms with Crippen molar-refractivity contribution < 1.29 is 32.2 Å². The number of hydrogen-bond acceptors (Lipinski definition) is 8. The first-order valence-corrected chi connectivity index (χ1v) is 11.5. The smallest absolute Gasteiger partial charge is 0.260 e. The molecule has 0 aromatic heterocycles. The molecule has 1 N–H and O–H groups in total. The molecule has 2 aromatic carbocycles. The number of benzene rings is 2. The zero-order valence-corrected chi connectivity index (χ0v) is 19.7. The first-order valence-electron chi connectivity index (χ1n) is 9.66. The highest BCUT2D eigenvalue weighted by Gasteiger charge is 2.24. The normalized spacial score (nSPS) is 11.0. The van der Waals surface area contributed by atoms with Gasteiger partial charge >= 0.3 is 0 Å². The topological polar surface area (TPSA) is 116 Å². The SMILES string of the molecule is C=CCOc1ccc(/C=N\NC(=O)CN(c2ccc(OC)cc2OC)S(C)(=O)=O)cc1OC. The van der Waals surface area contributed by atoms with Crippen molar-refractivity contribution in [2.75, 3.05) is 45.0 Å². The molecule has 2 aromatic rings. The fraction of sp³-hybridized carbons (Fsp3) is 0.273. The Hall–Kier alpha value is -3.73. The lowest BCUT2D eigenvalue weighted by atomic mass is 10.2. The van der Waals surface area contributed by atoms with Crippen molar-refractivity contribution in [1.29, 1.82) is 0 Å². The molecule has 178 valence electrons. The van der Waals surface area contributed by atoms with Crippen LogP contribution >= 0.6 is 0 Å². The largest absolute Gasteiger partial charge is 0.497 e. The number of rotatable bonds is 12. The number of amides is 1. The van der Waals surface area contributed by atoms with Gasteiger partial charge in [-0.1, -0.05) is 12.7 Å². The predicted octanol–water partition coefficient (Wildman–Crippen LogP) is 2.19. The van der Waals surface area contributed by atoms with E-state index >= 15 is 0 Å². The Morgan fingerprint density at radius 2 is 1.79 bits per heavy atom. The maximum atomic E-state index is 12.4. The molecule has 0 unspecified atom stereocenters. The van der Waals surface area contributed by atoms with Gasteiger partial charge in [-0.2, -0.15) is 5.10 Å². The fourth-order valence-electron chi connectivity index (χ4n) is 2.75. The Morgan fingerprint density at radius 3 is 2.39 bits per heavy atom. The number of carbonyl (C=O) groups is 1. The molecule has 2 rings (SSSR count). The number of hydrazone groups is 1. The highest BCUT2D eigenvalue weighted by Crippen LogP contribution is 2.33. The third kappa shape index (κ3) is 7.14. The zero-order valence-electron chi connectivity index (χ0n) is 18.9. The maximum Gasteiger partial charge on any atom is 0.260 e. The second kappa shape index (κ2) is 11.8. The van der Waals surface area contributed by atoms with E-state index in [4.69, 9.17) is 18.9 Å². The van der Waals surface area contributed by atoms with Crippen LogP contribution in [0.25, 0.3) is 0 Å². The van der Waals surface area contributed by atoms with Crippen LogP contribution in [0.1, 0.15) is 5.56 Å². The molecule has 0 aliphatic rings. The molecule has 0 saturated heterocycles. The van der Waals surface area contributed by atoms with E-state index in [1.807, 2.05) is 0 Å². The van der Waals surface area contributed by atoms with Gasteiger partial charge in [-0.25, -0.2) is 13.8 Å². The Morgan fingerprint density at radius 1 is 1.06 bits per heavy atom. The average Bonchev–Trinajstić information content (AvgIpc) is 2.80. The summed E-state index contributed by atoms with van der Waals surface area (Å²) in [4.78, 5) is 12.4. The highest BCUT2D eigenvalue weighted by molar-refractivity contribution is 7.92. The van der Waals surface area contributed by atoms with Gasteiger partial charge in [-0.15, -0.1) is 0 Å². The molecule has 0 aliphatic carbocycles. The van der Waals surface area contributed by atoms with Gasteiger partial charge in [-0.3, -0.25) is 9.10 Å². The van der Waals surface area contributed by atoms with Crippen LogP contribution in [0.15, 0.2) is 54.2 Å². The number of ether oxygens (including phenoxy) is 4. The Labute approximate surface area is 193 Å². The summed E-state index contributed by atoms with van der Waals surface area (Å²) in [6.45, 7) is 3.42. The van der Waals surface area contributed by atoms with Gasteiger partial charge in [0.05, 0.1) is 39.5 Å². The van der Waals surface area contributed by atoms with E-state index in [-0.39, 0.29) is 11.4 Å². The van der Waals surface area contributed by atoms with E-state index in [0.717, 1.165) is 10.6 Å². The first kappa shape index (κ1) is 25.5. The first-order chi connectivity index (χ1) is 15.7. The molecule has 11 heteroatoms. The molecule has 33 heavy (non-hydrogen) atoms. The lowest BCUT2D eigenvalue weighted by Gasteiger charge is -2.23. The number of nitrogens with zero attached hydrogens (tertiary/aromatic N) is 2. The van der Waals surface area contributed by atoms with Gasteiger partial charge in [0, 0.05) is 6.07 Å². The van der Waals surface area contributed by atoms with Gasteiger partial charge in [0.2, 0.25) is 10.0 Å². The second-order valence-electron chi connectivity index (χ2n) is 6.61. The molecular formula is C22H27N3O7S. The average molecular weight is 478 g/mol. The van der Waals surface area contributed by atoms with Crippen LogP contribution in [0.2, 0.25) is 0 Å². The Kier molecular flexibility index (Phi) is 9.10. The van der Waals surface area contributed by atoms with E-state index in [9.17, 15) is 13.2 Å². The van der Waals surface area contributed by atoms with Crippen LogP contribution in [0.5, 0.6) is 23.0 Å². The minimum Gasteiger partial charge on any atom is -0.497 e. The molecule has 0 radical (unpaired) electrons. The molecule has 0 saturated carbocycles. The van der Waals surface area contributed by atoms with Crippen LogP contribution < -0.4 is 28.7 Å². The van der Waals surface area contributed by atoms with Gasteiger partial charge in [-0.05, 0) is 35.9 Å². The van der Waals surface area contributed by atoms with Crippen molar-refractivity contribution >= 4 is 27.8 Å². The fourth-order valence-corrected chi connectivity index (χ4v) is 3.61. The van der Waals surface area contributed by atoms with Crippen LogP contribution in [0, 0.1) is 0 Å². The molecule has 0 fully saturated rings. The minimum atomic E-state index is -3.80. The third-order valence-electron chi connectivity index (χ3n) is 4.29. The van der Waals surface area contributed by atoms with E-state index < -0.39 is 22.5 Å². The summed E-state index contributed by atoms with van der Waals surface area (Å²) in [6, 6.07) is 9.70. The number of nitrogens with one attached hydrogen (secondary N) is 1. The van der Waals surface area contributed by atoms with Crippen molar-refractivity contribution in [2.24, 2.45) is 5.10 Å². The number of hydrogen-bond donors (Lipinski definition) is 1. The molecule has 10 nitrogen and oxygen atoms in total. The summed E-state index contributed by atoms with van der Waals surface area (Å²) in [5.74, 6) is 1.10. The Balaban J connectivity index is 2.14. The van der Waals surface area contributed by atoms with Gasteiger partial charge in [0.15, 0.2) is 11.5 Å². The van der Waals surface area contributed by atoms with E-state index in [1.165, 1.54) is 39.7 Å². The summed E-state index contributed by atoms with van der Waals surface area (Å²) in [7, 11) is 0.576. The molecule has 0 spiro atoms. The molecule has 0 aliphatic heterocycles. The minimum absolute atomic E-state index is 0.194. The number of methoxy groups -OCH3 is 3. The Bertz CT molecular complexity index is 1120. The zero-order chi connectivity index (χ0) is 24.4. The van der Waals surface area contributed by atoms with Crippen molar-refractivity contribution in [3.8, 4) is 23.0 Å². The second-order valence-corrected chi connectivity index (χ2v) is 8.52. The number of carbonyl (C=O) groups excluding carboxylic acids is 1. The number of anilines is 1. The summed E-state index contributed by atoms with van der Waals surface area (Å²) in [5, 5.41) is 3.90. The monoisotopic (exact) mass is 477 g/mol. The van der Waals surface area contributed by atoms with E-state index in [1.54, 1.807) is 30.3 Å². The van der Waals surface area contributed by atoms with Crippen molar-refractivity contribution in [3.05, 3.63) is 54.6 Å². The molecule has 0 heterocycles. The summed E-state index contributed by atoms with van der Waals surface area (Å²) >= 11 is 0. The van der Waals surface area contributed by atoms with E-state index in [2.05, 4.69) is 17.1 Å². The van der Waals surface area contributed by atoms with Gasteiger partial charge in [0.1, 0.15) is 24.7 Å². The summed E-state index contributed by atoms with van der Waals surface area (Å²) < 4.78 is 46.8. The van der Waals surface area contributed by atoms with Crippen LogP contribution in [-0.2, 0) is 14.8 Å². The number of sulfonamides is 1. The van der Waals surface area contributed by atoms with Gasteiger partial charge in [0.25, 0.3) is 5.91 Å². The molecule has 0 bridgehead atoms. The summed E-state index contributed by atoms with van der Waals surface area (Å²) in [6.07, 6.45) is 4.01. The highest BCUT2D eigenvalue weighted by atomic mass is 32.2. The summed E-state index contributed by atoms with van der Waals surface area (Å²) in [5.41, 5.74) is 3.15. The van der Waals surface area contributed by atoms with E-state index in [0.29, 0.717) is 29.4 Å². The van der Waals surface area contributed by atoms with Crippen LogP contribution in [0.3, 0.4) is 0 Å². The van der Waals surface area contributed by atoms with Crippen LogP contribution in [0.4, 0.5) is 5.69 Å². The van der Waals surface area contributed by atoms with Crippen LogP contribution in [-0.4, -0.2) is 61.3 Å². The lowest BCUT2D eigenvalue weighted by molar-refractivity contribution is -0.119. The molecule has 1 amide bonds. The quantitative estimate of drug-likeness (QED) is 0.283. The third-order valence-corrected chi connectivity index (χ3v) is 5.42. The maximum absolute atomic E-state index is 12.4. The van der Waals surface area contributed by atoms with Gasteiger partial charge < -0.3 is 18.9 Å². The van der Waals surface area contributed by atoms with Crippen molar-refractivity contribution in [3.63, 3.8) is 0 Å². The van der Waals surface area contributed by atoms with Crippen molar-refractivity contribution in [2.45, 2.75) is 0 Å². The predicted molar refractivity (Wildman–Crippen MR) is 126 cm³/mol.